The molecule has 0 spiro atoms. The number of hydrogen-bond donors (Lipinski definition) is 0. The van der Waals surface area contributed by atoms with Crippen LogP contribution in [0.4, 0.5) is 5.69 Å². The molecule has 0 N–H and O–H groups in total. The quantitative estimate of drug-likeness (QED) is 0.699. The van der Waals surface area contributed by atoms with Crippen LogP contribution >= 0.6 is 27.7 Å². The topological polar surface area (TPSA) is 40.6 Å². The molecule has 7 heteroatoms. The van der Waals surface area contributed by atoms with Crippen molar-refractivity contribution >= 4 is 43.4 Å². The highest BCUT2D eigenvalue weighted by Crippen LogP contribution is 2.30. The second kappa shape index (κ2) is 7.47. The van der Waals surface area contributed by atoms with Gasteiger partial charge in [-0.2, -0.15) is 4.31 Å². The number of piperazine rings is 1. The Hall–Kier alpha value is -1.02. The van der Waals surface area contributed by atoms with E-state index in [2.05, 4.69) is 39.2 Å². The van der Waals surface area contributed by atoms with E-state index < -0.39 is 10.0 Å². The average Bonchev–Trinajstić information content (AvgIpc) is 2.62. The molecule has 3 rings (SSSR count). The van der Waals surface area contributed by atoms with Crippen molar-refractivity contribution in [2.75, 3.05) is 37.3 Å². The number of para-hydroxylation sites is 1. The van der Waals surface area contributed by atoms with Gasteiger partial charge < -0.3 is 4.90 Å². The molecule has 1 fully saturated rings. The maximum absolute atomic E-state index is 12.8. The SMILES string of the molecule is CSc1ccccc1N1CCN(S(=O)(=O)c2cccc(Br)c2)CC1. The van der Waals surface area contributed by atoms with Gasteiger partial charge >= 0.3 is 0 Å². The van der Waals surface area contributed by atoms with Gasteiger partial charge in [0.2, 0.25) is 10.0 Å². The van der Waals surface area contributed by atoms with Crippen LogP contribution in [-0.4, -0.2) is 45.2 Å². The molecule has 1 aliphatic heterocycles. The highest BCUT2D eigenvalue weighted by atomic mass is 79.9. The Balaban J connectivity index is 1.75. The largest absolute Gasteiger partial charge is 0.368 e. The first-order valence-corrected chi connectivity index (χ1v) is 11.1. The summed E-state index contributed by atoms with van der Waals surface area (Å²) >= 11 is 5.06. The van der Waals surface area contributed by atoms with Gasteiger partial charge in [0.25, 0.3) is 0 Å². The number of nitrogens with zero attached hydrogens (tertiary/aromatic N) is 2. The van der Waals surface area contributed by atoms with Gasteiger partial charge in [0, 0.05) is 35.5 Å². The third-order valence-electron chi connectivity index (χ3n) is 4.10. The lowest BCUT2D eigenvalue weighted by Gasteiger charge is -2.36. The average molecular weight is 427 g/mol. The maximum atomic E-state index is 12.8. The molecule has 0 amide bonds. The summed E-state index contributed by atoms with van der Waals surface area (Å²) in [4.78, 5) is 3.83. The van der Waals surface area contributed by atoms with Gasteiger partial charge in [-0.15, -0.1) is 11.8 Å². The summed E-state index contributed by atoms with van der Waals surface area (Å²) in [5.41, 5.74) is 1.18. The van der Waals surface area contributed by atoms with Crippen LogP contribution in [0.5, 0.6) is 0 Å². The van der Waals surface area contributed by atoms with Gasteiger partial charge in [-0.1, -0.05) is 34.1 Å². The number of hydrogen-bond acceptors (Lipinski definition) is 4. The molecule has 2 aromatic rings. The number of benzene rings is 2. The van der Waals surface area contributed by atoms with Crippen molar-refractivity contribution in [2.24, 2.45) is 0 Å². The van der Waals surface area contributed by atoms with Crippen molar-refractivity contribution in [1.29, 1.82) is 0 Å². The zero-order valence-electron chi connectivity index (χ0n) is 13.4. The fourth-order valence-electron chi connectivity index (χ4n) is 2.84. The molecule has 1 saturated heterocycles. The van der Waals surface area contributed by atoms with Gasteiger partial charge in [-0.25, -0.2) is 8.42 Å². The minimum atomic E-state index is -3.43. The van der Waals surface area contributed by atoms with E-state index in [1.54, 1.807) is 34.3 Å². The first kappa shape index (κ1) is 17.8. The Morgan fingerprint density at radius 2 is 1.71 bits per heavy atom. The van der Waals surface area contributed by atoms with E-state index in [9.17, 15) is 8.42 Å². The number of rotatable bonds is 4. The molecular weight excluding hydrogens is 408 g/mol. The first-order chi connectivity index (χ1) is 11.5. The molecule has 24 heavy (non-hydrogen) atoms. The molecule has 0 atom stereocenters. The molecule has 0 bridgehead atoms. The van der Waals surface area contributed by atoms with Gasteiger partial charge in [0.1, 0.15) is 0 Å². The fraction of sp³-hybridized carbons (Fsp3) is 0.294. The summed E-state index contributed by atoms with van der Waals surface area (Å²) in [6, 6.07) is 15.1. The standard InChI is InChI=1S/C17H19BrN2O2S2/c1-23-17-8-3-2-7-16(17)19-9-11-20(12-10-19)24(21,22)15-6-4-5-14(18)13-15/h2-8,13H,9-12H2,1H3. The molecule has 0 unspecified atom stereocenters. The van der Waals surface area contributed by atoms with E-state index in [-0.39, 0.29) is 0 Å². The molecule has 0 aromatic heterocycles. The van der Waals surface area contributed by atoms with Crippen LogP contribution in [0.25, 0.3) is 0 Å². The summed E-state index contributed by atoms with van der Waals surface area (Å²) in [6.45, 7) is 2.39. The molecule has 1 aliphatic rings. The molecule has 128 valence electrons. The highest BCUT2D eigenvalue weighted by Gasteiger charge is 2.29. The maximum Gasteiger partial charge on any atom is 0.243 e. The lowest BCUT2D eigenvalue weighted by molar-refractivity contribution is 0.384. The predicted molar refractivity (Wildman–Crippen MR) is 103 cm³/mol. The number of halogens is 1. The van der Waals surface area contributed by atoms with E-state index in [1.165, 1.54) is 10.6 Å². The van der Waals surface area contributed by atoms with E-state index in [0.717, 1.165) is 4.47 Å². The zero-order valence-corrected chi connectivity index (χ0v) is 16.6. The van der Waals surface area contributed by atoms with Crippen LogP contribution in [0.15, 0.2) is 62.8 Å². The molecule has 0 saturated carbocycles. The second-order valence-corrected chi connectivity index (χ2v) is 9.22. The summed E-state index contributed by atoms with van der Waals surface area (Å²) in [5.74, 6) is 0. The van der Waals surface area contributed by atoms with Crippen molar-refractivity contribution in [3.8, 4) is 0 Å². The fourth-order valence-corrected chi connectivity index (χ4v) is 5.48. The van der Waals surface area contributed by atoms with Crippen LogP contribution in [-0.2, 0) is 10.0 Å². The van der Waals surface area contributed by atoms with Gasteiger partial charge in [-0.3, -0.25) is 0 Å². The van der Waals surface area contributed by atoms with Crippen LogP contribution in [0.3, 0.4) is 0 Å². The summed E-state index contributed by atoms with van der Waals surface area (Å²) in [7, 11) is -3.43. The van der Waals surface area contributed by atoms with E-state index in [0.29, 0.717) is 31.1 Å². The Bertz CT molecular complexity index is 819. The minimum absolute atomic E-state index is 0.342. The Morgan fingerprint density at radius 3 is 2.38 bits per heavy atom. The predicted octanol–water partition coefficient (Wildman–Crippen LogP) is 3.68. The van der Waals surface area contributed by atoms with E-state index >= 15 is 0 Å². The first-order valence-electron chi connectivity index (χ1n) is 7.66. The number of anilines is 1. The van der Waals surface area contributed by atoms with Gasteiger partial charge in [-0.05, 0) is 36.6 Å². The van der Waals surface area contributed by atoms with Crippen LogP contribution in [0, 0.1) is 0 Å². The number of thioether (sulfide) groups is 1. The lowest BCUT2D eigenvalue weighted by Crippen LogP contribution is -2.48. The minimum Gasteiger partial charge on any atom is -0.368 e. The highest BCUT2D eigenvalue weighted by molar-refractivity contribution is 9.10. The van der Waals surface area contributed by atoms with Crippen molar-refractivity contribution < 1.29 is 8.42 Å². The molecule has 0 aliphatic carbocycles. The Morgan fingerprint density at radius 1 is 1.00 bits per heavy atom. The number of sulfonamides is 1. The van der Waals surface area contributed by atoms with Crippen molar-refractivity contribution in [1.82, 2.24) is 4.31 Å². The van der Waals surface area contributed by atoms with Gasteiger partial charge in [0.15, 0.2) is 0 Å². The molecule has 4 nitrogen and oxygen atoms in total. The molecule has 1 heterocycles. The van der Waals surface area contributed by atoms with Gasteiger partial charge in [0.05, 0.1) is 10.6 Å². The van der Waals surface area contributed by atoms with Crippen LogP contribution < -0.4 is 4.90 Å². The monoisotopic (exact) mass is 426 g/mol. The lowest BCUT2D eigenvalue weighted by atomic mass is 10.2. The third kappa shape index (κ3) is 3.64. The molecular formula is C17H19BrN2O2S2. The summed E-state index contributed by atoms with van der Waals surface area (Å²) < 4.78 is 27.9. The smallest absolute Gasteiger partial charge is 0.243 e. The van der Waals surface area contributed by atoms with Crippen molar-refractivity contribution in [2.45, 2.75) is 9.79 Å². The molecule has 0 radical (unpaired) electrons. The zero-order chi connectivity index (χ0) is 17.2. The van der Waals surface area contributed by atoms with Crippen molar-refractivity contribution in [3.05, 3.63) is 53.0 Å². The molecule has 2 aromatic carbocycles. The Kier molecular flexibility index (Phi) is 5.54. The summed E-state index contributed by atoms with van der Waals surface area (Å²) in [6.07, 6.45) is 2.06. The Labute approximate surface area is 156 Å². The summed E-state index contributed by atoms with van der Waals surface area (Å²) in [5, 5.41) is 0. The normalized spacial score (nSPS) is 16.3. The second-order valence-electron chi connectivity index (χ2n) is 5.52. The van der Waals surface area contributed by atoms with E-state index in [1.807, 2.05) is 18.2 Å². The van der Waals surface area contributed by atoms with Crippen LogP contribution in [0.2, 0.25) is 0 Å². The van der Waals surface area contributed by atoms with Crippen molar-refractivity contribution in [3.63, 3.8) is 0 Å². The van der Waals surface area contributed by atoms with E-state index in [4.69, 9.17) is 0 Å². The third-order valence-corrected chi connectivity index (χ3v) is 7.27. The van der Waals surface area contributed by atoms with Crippen LogP contribution in [0.1, 0.15) is 0 Å².